The van der Waals surface area contributed by atoms with Crippen LogP contribution < -0.4 is 10.1 Å². The van der Waals surface area contributed by atoms with Gasteiger partial charge in [-0.05, 0) is 42.8 Å². The predicted octanol–water partition coefficient (Wildman–Crippen LogP) is 3.37. The van der Waals surface area contributed by atoms with E-state index >= 15 is 0 Å². The average Bonchev–Trinajstić information content (AvgIpc) is 3.15. The number of nitrogens with one attached hydrogen (secondary N) is 1. The lowest BCUT2D eigenvalue weighted by molar-refractivity contribution is 0.0599. The molecule has 0 atom stereocenters. The van der Waals surface area contributed by atoms with E-state index in [0.717, 1.165) is 11.3 Å². The first-order valence-corrected chi connectivity index (χ1v) is 8.83. The maximum Gasteiger partial charge on any atom is 0.338 e. The van der Waals surface area contributed by atoms with Crippen molar-refractivity contribution >= 4 is 17.6 Å². The number of carbonyl (C=O) groups is 2. The standard InChI is InChI=1S/C21H21N3O4/c1-3-28-18-10-8-15(9-11-18)20(25)23-17-12-22-24(14-17)13-16-6-4-5-7-19(16)21(26)27-2/h4-12,14H,3,13H2,1-2H3,(H,23,25). The van der Waals surface area contributed by atoms with E-state index in [1.165, 1.54) is 7.11 Å². The third kappa shape index (κ3) is 4.56. The summed E-state index contributed by atoms with van der Waals surface area (Å²) in [5.74, 6) is 0.0838. The van der Waals surface area contributed by atoms with Gasteiger partial charge in [0.05, 0.1) is 37.7 Å². The van der Waals surface area contributed by atoms with Crippen LogP contribution >= 0.6 is 0 Å². The number of amides is 1. The molecular weight excluding hydrogens is 358 g/mol. The monoisotopic (exact) mass is 379 g/mol. The highest BCUT2D eigenvalue weighted by molar-refractivity contribution is 6.04. The molecule has 0 fully saturated rings. The molecule has 0 bridgehead atoms. The van der Waals surface area contributed by atoms with Crippen molar-refractivity contribution in [3.8, 4) is 5.75 Å². The molecule has 0 radical (unpaired) electrons. The number of benzene rings is 2. The van der Waals surface area contributed by atoms with Gasteiger partial charge in [0.25, 0.3) is 5.91 Å². The molecule has 0 aliphatic heterocycles. The van der Waals surface area contributed by atoms with E-state index in [1.54, 1.807) is 53.5 Å². The molecule has 3 aromatic rings. The lowest BCUT2D eigenvalue weighted by Crippen LogP contribution is -2.11. The molecule has 0 unspecified atom stereocenters. The number of anilines is 1. The number of carbonyl (C=O) groups excluding carboxylic acids is 2. The lowest BCUT2D eigenvalue weighted by Gasteiger charge is -2.08. The first-order chi connectivity index (χ1) is 13.6. The van der Waals surface area contributed by atoms with Crippen LogP contribution in [-0.4, -0.2) is 35.4 Å². The van der Waals surface area contributed by atoms with Crippen molar-refractivity contribution in [1.82, 2.24) is 9.78 Å². The van der Waals surface area contributed by atoms with E-state index in [4.69, 9.17) is 9.47 Å². The Kier molecular flexibility index (Phi) is 6.06. The second kappa shape index (κ2) is 8.85. The van der Waals surface area contributed by atoms with Crippen LogP contribution in [0.4, 0.5) is 5.69 Å². The summed E-state index contributed by atoms with van der Waals surface area (Å²) in [4.78, 5) is 24.3. The Labute approximate surface area is 162 Å². The van der Waals surface area contributed by atoms with Gasteiger partial charge in [0.2, 0.25) is 0 Å². The summed E-state index contributed by atoms with van der Waals surface area (Å²) in [6.07, 6.45) is 3.27. The molecule has 0 saturated carbocycles. The summed E-state index contributed by atoms with van der Waals surface area (Å²) in [5, 5.41) is 7.06. The number of esters is 1. The number of nitrogens with zero attached hydrogens (tertiary/aromatic N) is 2. The zero-order valence-corrected chi connectivity index (χ0v) is 15.7. The van der Waals surface area contributed by atoms with Crippen LogP contribution in [0.3, 0.4) is 0 Å². The lowest BCUT2D eigenvalue weighted by atomic mass is 10.1. The Bertz CT molecular complexity index is 964. The highest BCUT2D eigenvalue weighted by Gasteiger charge is 2.12. The smallest absolute Gasteiger partial charge is 0.338 e. The van der Waals surface area contributed by atoms with Crippen LogP contribution in [0.15, 0.2) is 60.9 Å². The van der Waals surface area contributed by atoms with Crippen molar-refractivity contribution in [1.29, 1.82) is 0 Å². The van der Waals surface area contributed by atoms with Gasteiger partial charge in [-0.3, -0.25) is 9.48 Å². The first-order valence-electron chi connectivity index (χ1n) is 8.83. The van der Waals surface area contributed by atoms with Crippen LogP contribution in [0.25, 0.3) is 0 Å². The molecule has 1 aromatic heterocycles. The van der Waals surface area contributed by atoms with Crippen molar-refractivity contribution in [3.05, 3.63) is 77.6 Å². The zero-order valence-electron chi connectivity index (χ0n) is 15.7. The summed E-state index contributed by atoms with van der Waals surface area (Å²) < 4.78 is 11.8. The number of rotatable bonds is 7. The van der Waals surface area contributed by atoms with Gasteiger partial charge < -0.3 is 14.8 Å². The summed E-state index contributed by atoms with van der Waals surface area (Å²) in [5.41, 5.74) is 2.35. The van der Waals surface area contributed by atoms with E-state index in [1.807, 2.05) is 19.1 Å². The molecule has 1 heterocycles. The fraction of sp³-hybridized carbons (Fsp3) is 0.190. The Morgan fingerprint density at radius 3 is 2.57 bits per heavy atom. The maximum atomic E-state index is 12.4. The summed E-state index contributed by atoms with van der Waals surface area (Å²) in [6.45, 7) is 2.86. The van der Waals surface area contributed by atoms with Gasteiger partial charge in [0, 0.05) is 11.8 Å². The molecule has 0 saturated heterocycles. The van der Waals surface area contributed by atoms with Gasteiger partial charge in [0.1, 0.15) is 5.75 Å². The Hall–Kier alpha value is -3.61. The Morgan fingerprint density at radius 1 is 1.11 bits per heavy atom. The minimum Gasteiger partial charge on any atom is -0.494 e. The molecule has 28 heavy (non-hydrogen) atoms. The Balaban J connectivity index is 1.68. The van der Waals surface area contributed by atoms with Crippen molar-refractivity contribution in [2.45, 2.75) is 13.5 Å². The van der Waals surface area contributed by atoms with Crippen molar-refractivity contribution in [2.24, 2.45) is 0 Å². The van der Waals surface area contributed by atoms with Crippen LogP contribution in [0.1, 0.15) is 33.2 Å². The normalized spacial score (nSPS) is 10.4. The van der Waals surface area contributed by atoms with Crippen LogP contribution in [-0.2, 0) is 11.3 Å². The third-order valence-electron chi connectivity index (χ3n) is 4.07. The average molecular weight is 379 g/mol. The molecule has 144 valence electrons. The van der Waals surface area contributed by atoms with Crippen LogP contribution in [0.5, 0.6) is 5.75 Å². The molecule has 0 aliphatic carbocycles. The quantitative estimate of drug-likeness (QED) is 0.637. The largest absolute Gasteiger partial charge is 0.494 e. The molecule has 0 aliphatic rings. The fourth-order valence-corrected chi connectivity index (χ4v) is 2.73. The molecule has 7 nitrogen and oxygen atoms in total. The van der Waals surface area contributed by atoms with Gasteiger partial charge >= 0.3 is 5.97 Å². The van der Waals surface area contributed by atoms with E-state index in [-0.39, 0.29) is 5.91 Å². The second-order valence-corrected chi connectivity index (χ2v) is 5.99. The predicted molar refractivity (Wildman–Crippen MR) is 105 cm³/mol. The van der Waals surface area contributed by atoms with Gasteiger partial charge in [0.15, 0.2) is 0 Å². The molecule has 1 amide bonds. The number of hydrogen-bond acceptors (Lipinski definition) is 5. The van der Waals surface area contributed by atoms with Gasteiger partial charge in [-0.1, -0.05) is 18.2 Å². The van der Waals surface area contributed by atoms with E-state index < -0.39 is 5.97 Å². The van der Waals surface area contributed by atoms with E-state index in [0.29, 0.717) is 30.0 Å². The van der Waals surface area contributed by atoms with E-state index in [2.05, 4.69) is 10.4 Å². The Morgan fingerprint density at radius 2 is 1.86 bits per heavy atom. The van der Waals surface area contributed by atoms with Crippen LogP contribution in [0, 0.1) is 0 Å². The van der Waals surface area contributed by atoms with Gasteiger partial charge in [-0.25, -0.2) is 4.79 Å². The van der Waals surface area contributed by atoms with Crippen molar-refractivity contribution in [2.75, 3.05) is 19.0 Å². The molecular formula is C21H21N3O4. The summed E-state index contributed by atoms with van der Waals surface area (Å²) >= 11 is 0. The van der Waals surface area contributed by atoms with Crippen molar-refractivity contribution < 1.29 is 19.1 Å². The highest BCUT2D eigenvalue weighted by atomic mass is 16.5. The number of ether oxygens (including phenoxy) is 2. The van der Waals surface area contributed by atoms with Crippen LogP contribution in [0.2, 0.25) is 0 Å². The van der Waals surface area contributed by atoms with E-state index in [9.17, 15) is 9.59 Å². The van der Waals surface area contributed by atoms with Gasteiger partial charge in [-0.2, -0.15) is 5.10 Å². The third-order valence-corrected chi connectivity index (χ3v) is 4.07. The van der Waals surface area contributed by atoms with Crippen molar-refractivity contribution in [3.63, 3.8) is 0 Å². The van der Waals surface area contributed by atoms with Gasteiger partial charge in [-0.15, -0.1) is 0 Å². The summed E-state index contributed by atoms with van der Waals surface area (Å²) in [7, 11) is 1.35. The zero-order chi connectivity index (χ0) is 19.9. The molecule has 2 aromatic carbocycles. The minimum atomic E-state index is -0.396. The number of hydrogen-bond donors (Lipinski definition) is 1. The SMILES string of the molecule is CCOc1ccc(C(=O)Nc2cnn(Cc3ccccc3C(=O)OC)c2)cc1. The molecule has 3 rings (SSSR count). The molecule has 7 heteroatoms. The topological polar surface area (TPSA) is 82.5 Å². The maximum absolute atomic E-state index is 12.4. The minimum absolute atomic E-state index is 0.238. The number of methoxy groups -OCH3 is 1. The highest BCUT2D eigenvalue weighted by Crippen LogP contribution is 2.16. The first kappa shape index (κ1) is 19.2. The number of aromatic nitrogens is 2. The second-order valence-electron chi connectivity index (χ2n) is 5.99. The molecule has 1 N–H and O–H groups in total. The molecule has 0 spiro atoms. The summed E-state index contributed by atoms with van der Waals surface area (Å²) in [6, 6.07) is 14.1. The fourth-order valence-electron chi connectivity index (χ4n) is 2.73.